The Bertz CT molecular complexity index is 603. The number of epoxide rings is 1. The van der Waals surface area contributed by atoms with Crippen molar-refractivity contribution in [1.82, 2.24) is 0 Å². The summed E-state index contributed by atoms with van der Waals surface area (Å²) in [7, 11) is 0. The Kier molecular flexibility index (Phi) is 3.54. The summed E-state index contributed by atoms with van der Waals surface area (Å²) < 4.78 is 12.9. The van der Waals surface area contributed by atoms with Gasteiger partial charge in [-0.15, -0.1) is 0 Å². The highest BCUT2D eigenvalue weighted by Gasteiger charge is 2.82. The second kappa shape index (κ2) is 4.99. The van der Waals surface area contributed by atoms with E-state index in [1.165, 1.54) is 6.42 Å². The molecular weight excluding hydrogens is 320 g/mol. The first kappa shape index (κ1) is 17.7. The predicted molar refractivity (Wildman–Crippen MR) is 92.2 cm³/mol. The van der Waals surface area contributed by atoms with Crippen molar-refractivity contribution in [3.63, 3.8) is 0 Å². The summed E-state index contributed by atoms with van der Waals surface area (Å²) in [5.74, 6) is -0.361. The van der Waals surface area contributed by atoms with Crippen molar-refractivity contribution in [2.45, 2.75) is 95.5 Å². The summed E-state index contributed by atoms with van der Waals surface area (Å²) in [6.07, 6.45) is 5.91. The lowest BCUT2D eigenvalue weighted by molar-refractivity contribution is -0.245. The van der Waals surface area contributed by atoms with Crippen molar-refractivity contribution in [1.29, 1.82) is 0 Å². The summed E-state index contributed by atoms with van der Waals surface area (Å²) in [5.41, 5.74) is -1.79. The molecule has 0 amide bonds. The zero-order valence-electron chi connectivity index (χ0n) is 15.9. The van der Waals surface area contributed by atoms with Gasteiger partial charge in [0.2, 0.25) is 0 Å². The molecule has 6 atom stereocenters. The molecule has 2 N–H and O–H groups in total. The van der Waals surface area contributed by atoms with E-state index in [4.69, 9.17) is 9.47 Å². The highest BCUT2D eigenvalue weighted by molar-refractivity contribution is 5.68. The van der Waals surface area contributed by atoms with E-state index in [9.17, 15) is 15.0 Å². The van der Waals surface area contributed by atoms with Gasteiger partial charge in [0.05, 0.1) is 24.7 Å². The molecule has 0 radical (unpaired) electrons. The van der Waals surface area contributed by atoms with Gasteiger partial charge in [0.1, 0.15) is 11.2 Å². The molecule has 25 heavy (non-hydrogen) atoms. The Hall–Kier alpha value is -0.650. The number of carboxylic acid groups (broad SMARTS) is 1. The van der Waals surface area contributed by atoms with Gasteiger partial charge in [-0.25, -0.2) is 0 Å². The van der Waals surface area contributed by atoms with Crippen molar-refractivity contribution in [3.05, 3.63) is 0 Å². The Morgan fingerprint density at radius 2 is 1.84 bits per heavy atom. The van der Waals surface area contributed by atoms with Gasteiger partial charge in [0, 0.05) is 5.41 Å². The average Bonchev–Trinajstić information content (AvgIpc) is 3.12. The number of aliphatic hydroxyl groups is 1. The first-order chi connectivity index (χ1) is 11.5. The first-order valence-corrected chi connectivity index (χ1v) is 9.75. The fraction of sp³-hybridized carbons (Fsp3) is 0.950. The molecule has 2 saturated heterocycles. The maximum Gasteiger partial charge on any atom is 0.306 e. The van der Waals surface area contributed by atoms with Crippen LogP contribution in [0.1, 0.15) is 72.6 Å². The Labute approximate surface area is 150 Å². The number of hydrogen-bond acceptors (Lipinski definition) is 4. The third-order valence-electron chi connectivity index (χ3n) is 8.29. The summed E-state index contributed by atoms with van der Waals surface area (Å²) in [4.78, 5) is 11.4. The van der Waals surface area contributed by atoms with E-state index >= 15 is 0 Å². The number of aliphatic hydroxyl groups excluding tert-OH is 1. The van der Waals surface area contributed by atoms with Crippen molar-refractivity contribution >= 4 is 5.97 Å². The number of rotatable bonds is 3. The average molecular weight is 352 g/mol. The predicted octanol–water partition coefficient (Wildman–Crippen LogP) is 3.14. The lowest BCUT2D eigenvalue weighted by Crippen LogP contribution is -2.68. The third-order valence-corrected chi connectivity index (χ3v) is 8.29. The summed E-state index contributed by atoms with van der Waals surface area (Å²) in [6, 6.07) is 0. The van der Waals surface area contributed by atoms with Gasteiger partial charge in [0.15, 0.2) is 0 Å². The van der Waals surface area contributed by atoms with Crippen molar-refractivity contribution < 1.29 is 24.5 Å². The van der Waals surface area contributed by atoms with Crippen LogP contribution in [0.25, 0.3) is 0 Å². The minimum absolute atomic E-state index is 0.00502. The monoisotopic (exact) mass is 352 g/mol. The van der Waals surface area contributed by atoms with E-state index in [1.807, 2.05) is 6.92 Å². The lowest BCUT2D eigenvalue weighted by atomic mass is 9.44. The van der Waals surface area contributed by atoms with E-state index < -0.39 is 22.8 Å². The van der Waals surface area contributed by atoms with Crippen LogP contribution in [0.4, 0.5) is 0 Å². The zero-order chi connectivity index (χ0) is 18.3. The second-order valence-electron chi connectivity index (χ2n) is 10.2. The van der Waals surface area contributed by atoms with Crippen molar-refractivity contribution in [3.8, 4) is 0 Å². The first-order valence-electron chi connectivity index (χ1n) is 9.75. The summed E-state index contributed by atoms with van der Waals surface area (Å²) in [6.45, 7) is 8.90. The van der Waals surface area contributed by atoms with E-state index in [0.29, 0.717) is 12.3 Å². The summed E-state index contributed by atoms with van der Waals surface area (Å²) >= 11 is 0. The van der Waals surface area contributed by atoms with Gasteiger partial charge < -0.3 is 19.7 Å². The molecule has 0 aromatic carbocycles. The van der Waals surface area contributed by atoms with Crippen LogP contribution in [0, 0.1) is 16.7 Å². The molecule has 1 spiro atoms. The highest BCUT2D eigenvalue weighted by atomic mass is 16.7. The van der Waals surface area contributed by atoms with Gasteiger partial charge >= 0.3 is 5.97 Å². The molecule has 5 nitrogen and oxygen atoms in total. The lowest BCUT2D eigenvalue weighted by Gasteiger charge is -2.62. The molecule has 4 rings (SSSR count). The van der Waals surface area contributed by atoms with Crippen molar-refractivity contribution in [2.24, 2.45) is 16.7 Å². The normalized spacial score (nSPS) is 53.3. The number of aliphatic carboxylic acids is 1. The molecule has 0 aromatic rings. The van der Waals surface area contributed by atoms with Crippen LogP contribution in [0.2, 0.25) is 0 Å². The molecule has 0 unspecified atom stereocenters. The van der Waals surface area contributed by atoms with Crippen LogP contribution in [0.5, 0.6) is 0 Å². The molecule has 4 aliphatic rings. The minimum Gasteiger partial charge on any atom is -0.481 e. The van der Waals surface area contributed by atoms with E-state index in [-0.39, 0.29) is 30.0 Å². The molecule has 142 valence electrons. The molecule has 4 fully saturated rings. The van der Waals surface area contributed by atoms with Crippen LogP contribution in [0.3, 0.4) is 0 Å². The number of carboxylic acids is 1. The Morgan fingerprint density at radius 1 is 1.12 bits per heavy atom. The van der Waals surface area contributed by atoms with Crippen molar-refractivity contribution in [2.75, 3.05) is 6.61 Å². The molecule has 2 aliphatic carbocycles. The molecular formula is C20H32O5. The van der Waals surface area contributed by atoms with E-state index in [0.717, 1.165) is 25.7 Å². The van der Waals surface area contributed by atoms with Crippen LogP contribution in [-0.2, 0) is 14.3 Å². The van der Waals surface area contributed by atoms with Gasteiger partial charge in [-0.05, 0) is 50.4 Å². The zero-order valence-corrected chi connectivity index (χ0v) is 15.9. The minimum atomic E-state index is -0.827. The highest BCUT2D eigenvalue weighted by Crippen LogP contribution is 2.74. The SMILES string of the molecule is CC1(C)CCC[C@@]2(C)[C@H]1C[C@H]1O[C@@]1(CO)[C@]21CC[C@@](C)(CC(=O)O)O1. The molecule has 0 bridgehead atoms. The van der Waals surface area contributed by atoms with Crippen LogP contribution >= 0.6 is 0 Å². The molecule has 2 heterocycles. The topological polar surface area (TPSA) is 79.3 Å². The van der Waals surface area contributed by atoms with E-state index in [1.54, 1.807) is 0 Å². The Balaban J connectivity index is 1.79. The third kappa shape index (κ3) is 2.09. The van der Waals surface area contributed by atoms with Crippen LogP contribution < -0.4 is 0 Å². The number of carbonyl (C=O) groups is 1. The smallest absolute Gasteiger partial charge is 0.306 e. The molecule has 2 aliphatic heterocycles. The summed E-state index contributed by atoms with van der Waals surface area (Å²) in [5, 5.41) is 19.6. The number of hydrogen-bond donors (Lipinski definition) is 2. The van der Waals surface area contributed by atoms with Crippen LogP contribution in [-0.4, -0.2) is 45.7 Å². The fourth-order valence-corrected chi connectivity index (χ4v) is 7.07. The molecule has 5 heteroatoms. The number of fused-ring (bicyclic) bond motifs is 4. The fourth-order valence-electron chi connectivity index (χ4n) is 7.07. The second-order valence-corrected chi connectivity index (χ2v) is 10.2. The van der Waals surface area contributed by atoms with Gasteiger partial charge in [0.25, 0.3) is 0 Å². The largest absolute Gasteiger partial charge is 0.481 e. The van der Waals surface area contributed by atoms with Gasteiger partial charge in [-0.3, -0.25) is 4.79 Å². The quantitative estimate of drug-likeness (QED) is 0.763. The standard InChI is InChI=1S/C20H32O5/c1-16(2)6-5-7-18(4)13(16)10-14-19(12-21,24-14)20(18)9-8-17(3,25-20)11-15(22)23/h13-14,21H,5-12H2,1-4H3,(H,22,23)/t13-,14+,17-,18-,19+,20-/m0/s1. The van der Waals surface area contributed by atoms with Gasteiger partial charge in [-0.2, -0.15) is 0 Å². The van der Waals surface area contributed by atoms with E-state index in [2.05, 4.69) is 20.8 Å². The molecule has 0 aromatic heterocycles. The van der Waals surface area contributed by atoms with Gasteiger partial charge in [-0.1, -0.05) is 27.2 Å². The maximum absolute atomic E-state index is 11.4. The van der Waals surface area contributed by atoms with Crippen LogP contribution in [0.15, 0.2) is 0 Å². The Morgan fingerprint density at radius 3 is 2.48 bits per heavy atom. The molecule has 2 saturated carbocycles. The number of ether oxygens (including phenoxy) is 2. The maximum atomic E-state index is 11.4.